The summed E-state index contributed by atoms with van der Waals surface area (Å²) in [6.07, 6.45) is 3.04. The average molecular weight is 294 g/mol. The van der Waals surface area contributed by atoms with Gasteiger partial charge in [0.2, 0.25) is 17.8 Å². The fraction of sp³-hybridized carbons (Fsp3) is 0.786. The molecular formula is C14H26N6O. The maximum atomic E-state index is 5.85. The number of aromatic nitrogens is 3. The number of hydrogen-bond donors (Lipinski definition) is 2. The molecule has 7 nitrogen and oxygen atoms in total. The fourth-order valence-corrected chi connectivity index (χ4v) is 2.59. The lowest BCUT2D eigenvalue weighted by Gasteiger charge is -2.32. The minimum absolute atomic E-state index is 0.00999. The van der Waals surface area contributed by atoms with Crippen LogP contribution in [0.5, 0.6) is 0 Å². The van der Waals surface area contributed by atoms with Crippen molar-refractivity contribution in [3.63, 3.8) is 0 Å². The standard InChI is InChI=1S/C14H26N6O/c1-4-14(5-2,6-3)19-12-16-11(15)17-13(18-12)20-7-9-21-10-8-20/h4-10H2,1-3H3,(H3,15,16,17,18,19). The summed E-state index contributed by atoms with van der Waals surface area (Å²) in [4.78, 5) is 15.1. The van der Waals surface area contributed by atoms with E-state index >= 15 is 0 Å². The first-order valence-corrected chi connectivity index (χ1v) is 7.75. The second-order valence-electron chi connectivity index (χ2n) is 5.38. The molecule has 1 aliphatic heterocycles. The molecular weight excluding hydrogens is 268 g/mol. The maximum Gasteiger partial charge on any atom is 0.232 e. The maximum absolute atomic E-state index is 5.85. The minimum Gasteiger partial charge on any atom is -0.378 e. The number of nitrogens with one attached hydrogen (secondary N) is 1. The molecule has 118 valence electrons. The third-order valence-electron chi connectivity index (χ3n) is 4.34. The van der Waals surface area contributed by atoms with Gasteiger partial charge in [-0.25, -0.2) is 0 Å². The molecule has 1 aromatic rings. The van der Waals surface area contributed by atoms with Crippen LogP contribution in [0.4, 0.5) is 17.8 Å². The van der Waals surface area contributed by atoms with Gasteiger partial charge in [0.1, 0.15) is 0 Å². The monoisotopic (exact) mass is 294 g/mol. The molecule has 2 rings (SSSR count). The molecule has 1 saturated heterocycles. The van der Waals surface area contributed by atoms with E-state index in [4.69, 9.17) is 10.5 Å². The SMILES string of the molecule is CCC(CC)(CC)Nc1nc(N)nc(N2CCOCC2)n1. The second kappa shape index (κ2) is 6.89. The molecule has 0 unspecified atom stereocenters. The first-order valence-electron chi connectivity index (χ1n) is 7.75. The molecule has 3 N–H and O–H groups in total. The van der Waals surface area contributed by atoms with Gasteiger partial charge in [-0.15, -0.1) is 0 Å². The van der Waals surface area contributed by atoms with E-state index in [0.717, 1.165) is 32.4 Å². The molecule has 0 spiro atoms. The molecule has 0 bridgehead atoms. The van der Waals surface area contributed by atoms with Gasteiger partial charge in [0, 0.05) is 18.6 Å². The van der Waals surface area contributed by atoms with Gasteiger partial charge in [0.05, 0.1) is 13.2 Å². The summed E-state index contributed by atoms with van der Waals surface area (Å²) < 4.78 is 5.35. The van der Waals surface area contributed by atoms with Gasteiger partial charge >= 0.3 is 0 Å². The highest BCUT2D eigenvalue weighted by Crippen LogP contribution is 2.25. The fourth-order valence-electron chi connectivity index (χ4n) is 2.59. The van der Waals surface area contributed by atoms with E-state index in [1.165, 1.54) is 0 Å². The lowest BCUT2D eigenvalue weighted by Crippen LogP contribution is -2.39. The van der Waals surface area contributed by atoms with Crippen molar-refractivity contribution in [2.75, 3.05) is 42.3 Å². The van der Waals surface area contributed by atoms with Crippen LogP contribution < -0.4 is 16.0 Å². The highest BCUT2D eigenvalue weighted by Gasteiger charge is 2.25. The van der Waals surface area contributed by atoms with Gasteiger partial charge in [-0.05, 0) is 19.3 Å². The van der Waals surface area contributed by atoms with Gasteiger partial charge in [-0.3, -0.25) is 0 Å². The Labute approximate surface area is 126 Å². The summed E-state index contributed by atoms with van der Waals surface area (Å²) in [6, 6.07) is 0. The summed E-state index contributed by atoms with van der Waals surface area (Å²) in [5, 5.41) is 3.46. The molecule has 0 amide bonds. The number of hydrogen-bond acceptors (Lipinski definition) is 7. The van der Waals surface area contributed by atoms with E-state index in [2.05, 4.69) is 45.9 Å². The van der Waals surface area contributed by atoms with Crippen LogP contribution in [0, 0.1) is 0 Å². The number of ether oxygens (including phenoxy) is 1. The summed E-state index contributed by atoms with van der Waals surface area (Å²) in [7, 11) is 0. The molecule has 0 atom stereocenters. The number of morpholine rings is 1. The Morgan fingerprint density at radius 1 is 1.10 bits per heavy atom. The van der Waals surface area contributed by atoms with Crippen LogP contribution >= 0.6 is 0 Å². The quantitative estimate of drug-likeness (QED) is 0.825. The van der Waals surface area contributed by atoms with Crippen molar-refractivity contribution in [2.24, 2.45) is 0 Å². The third kappa shape index (κ3) is 3.72. The molecule has 0 saturated carbocycles. The van der Waals surface area contributed by atoms with Crippen molar-refractivity contribution in [3.8, 4) is 0 Å². The van der Waals surface area contributed by atoms with Crippen LogP contribution in [0.15, 0.2) is 0 Å². The predicted octanol–water partition coefficient (Wildman–Crippen LogP) is 1.67. The molecule has 0 radical (unpaired) electrons. The lowest BCUT2D eigenvalue weighted by atomic mass is 9.90. The molecule has 0 aromatic carbocycles. The molecule has 1 fully saturated rings. The van der Waals surface area contributed by atoms with E-state index in [-0.39, 0.29) is 11.5 Å². The second-order valence-corrected chi connectivity index (χ2v) is 5.38. The Morgan fingerprint density at radius 3 is 2.29 bits per heavy atom. The van der Waals surface area contributed by atoms with Crippen molar-refractivity contribution >= 4 is 17.8 Å². The van der Waals surface area contributed by atoms with E-state index in [0.29, 0.717) is 25.1 Å². The Kier molecular flexibility index (Phi) is 5.17. The van der Waals surface area contributed by atoms with Crippen molar-refractivity contribution < 1.29 is 4.74 Å². The van der Waals surface area contributed by atoms with Gasteiger partial charge in [0.25, 0.3) is 0 Å². The zero-order valence-corrected chi connectivity index (χ0v) is 13.2. The summed E-state index contributed by atoms with van der Waals surface area (Å²) in [6.45, 7) is 9.47. The Morgan fingerprint density at radius 2 is 1.71 bits per heavy atom. The number of anilines is 3. The van der Waals surface area contributed by atoms with Crippen LogP contribution in [0.1, 0.15) is 40.0 Å². The van der Waals surface area contributed by atoms with Crippen molar-refractivity contribution in [2.45, 2.75) is 45.6 Å². The molecule has 0 aliphatic carbocycles. The van der Waals surface area contributed by atoms with Gasteiger partial charge < -0.3 is 20.7 Å². The summed E-state index contributed by atoms with van der Waals surface area (Å²) in [5.74, 6) is 1.45. The largest absolute Gasteiger partial charge is 0.378 e. The molecule has 2 heterocycles. The number of rotatable bonds is 6. The van der Waals surface area contributed by atoms with Crippen LogP contribution in [0.25, 0.3) is 0 Å². The molecule has 1 aliphatic rings. The Hall–Kier alpha value is -1.63. The van der Waals surface area contributed by atoms with Gasteiger partial charge in [-0.2, -0.15) is 15.0 Å². The van der Waals surface area contributed by atoms with E-state index in [1.807, 2.05) is 0 Å². The van der Waals surface area contributed by atoms with Crippen molar-refractivity contribution in [1.82, 2.24) is 15.0 Å². The highest BCUT2D eigenvalue weighted by atomic mass is 16.5. The van der Waals surface area contributed by atoms with Crippen LogP contribution in [0.3, 0.4) is 0 Å². The van der Waals surface area contributed by atoms with Crippen molar-refractivity contribution in [3.05, 3.63) is 0 Å². The lowest BCUT2D eigenvalue weighted by molar-refractivity contribution is 0.122. The predicted molar refractivity (Wildman–Crippen MR) is 84.5 cm³/mol. The Balaban J connectivity index is 2.21. The summed E-state index contributed by atoms with van der Waals surface area (Å²) >= 11 is 0. The smallest absolute Gasteiger partial charge is 0.232 e. The van der Waals surface area contributed by atoms with E-state index in [9.17, 15) is 0 Å². The first kappa shape index (κ1) is 15.8. The molecule has 1 aromatic heterocycles. The van der Waals surface area contributed by atoms with Gasteiger partial charge in [-0.1, -0.05) is 20.8 Å². The van der Waals surface area contributed by atoms with Crippen LogP contribution in [0.2, 0.25) is 0 Å². The number of nitrogen functional groups attached to an aromatic ring is 1. The topological polar surface area (TPSA) is 89.2 Å². The Bertz CT molecular complexity index is 449. The molecule has 21 heavy (non-hydrogen) atoms. The third-order valence-corrected chi connectivity index (χ3v) is 4.34. The van der Waals surface area contributed by atoms with Gasteiger partial charge in [0.15, 0.2) is 0 Å². The molecule has 7 heteroatoms. The number of nitrogens with zero attached hydrogens (tertiary/aromatic N) is 4. The normalized spacial score (nSPS) is 16.0. The van der Waals surface area contributed by atoms with Crippen LogP contribution in [-0.4, -0.2) is 46.8 Å². The number of nitrogens with two attached hydrogens (primary N) is 1. The van der Waals surface area contributed by atoms with E-state index < -0.39 is 0 Å². The van der Waals surface area contributed by atoms with E-state index in [1.54, 1.807) is 0 Å². The first-order chi connectivity index (χ1) is 10.1. The highest BCUT2D eigenvalue weighted by molar-refractivity contribution is 5.43. The summed E-state index contributed by atoms with van der Waals surface area (Å²) in [5.41, 5.74) is 5.86. The van der Waals surface area contributed by atoms with Crippen LogP contribution in [-0.2, 0) is 4.74 Å². The average Bonchev–Trinajstić information content (AvgIpc) is 2.53. The minimum atomic E-state index is 0.00999. The van der Waals surface area contributed by atoms with Crippen molar-refractivity contribution in [1.29, 1.82) is 0 Å². The zero-order valence-electron chi connectivity index (χ0n) is 13.2. The zero-order chi connectivity index (χ0) is 15.3.